The van der Waals surface area contributed by atoms with Crippen molar-refractivity contribution in [2.45, 2.75) is 0 Å². The van der Waals surface area contributed by atoms with Crippen LogP contribution in [0.2, 0.25) is 0 Å². The second-order valence-electron chi connectivity index (χ2n) is 0.736. The molecule has 0 spiro atoms. The van der Waals surface area contributed by atoms with Crippen LogP contribution >= 0.6 is 18.5 Å². The van der Waals surface area contributed by atoms with E-state index in [4.69, 9.17) is 0 Å². The van der Waals surface area contributed by atoms with Gasteiger partial charge in [-0.2, -0.15) is 0 Å². The third-order valence-corrected chi connectivity index (χ3v) is 0.986. The topological polar surface area (TPSA) is 23.1 Å². The Morgan fingerprint density at radius 2 is 2.33 bits per heavy atom. The Balaban J connectivity index is 3.22. The van der Waals surface area contributed by atoms with E-state index < -0.39 is 0 Å². The maximum Gasteiger partial charge on any atom is -0.202 e. The minimum Gasteiger partial charge on any atom is -0.899 e. The lowest BCUT2D eigenvalue weighted by Crippen LogP contribution is -1.98. The molecular formula is C3H6OP2-2. The Bertz CT molecular complexity index is 59.8. The van der Waals surface area contributed by atoms with Crippen LogP contribution in [0.5, 0.6) is 0 Å². The molecule has 0 heterocycles. The van der Waals surface area contributed by atoms with Crippen molar-refractivity contribution in [2.75, 3.05) is 0 Å². The van der Waals surface area contributed by atoms with Crippen molar-refractivity contribution in [3.63, 3.8) is 0 Å². The van der Waals surface area contributed by atoms with Crippen molar-refractivity contribution in [1.29, 1.82) is 0 Å². The van der Waals surface area contributed by atoms with Crippen LogP contribution < -0.4 is 5.11 Å². The van der Waals surface area contributed by atoms with Crippen molar-refractivity contribution in [3.8, 4) is 0 Å². The molecule has 0 aromatic carbocycles. The van der Waals surface area contributed by atoms with Crippen molar-refractivity contribution < 1.29 is 5.11 Å². The minimum absolute atomic E-state index is 0.0185. The zero-order valence-corrected chi connectivity index (χ0v) is 5.53. The molecule has 0 aliphatic carbocycles. The second kappa shape index (κ2) is 3.46. The van der Waals surface area contributed by atoms with Crippen molar-refractivity contribution in [3.05, 3.63) is 17.7 Å². The fraction of sp³-hybridized carbons (Fsp3) is 0. The van der Waals surface area contributed by atoms with Crippen LogP contribution in [-0.4, -0.2) is 0 Å². The molecule has 0 N–H and O–H groups in total. The quantitative estimate of drug-likeness (QED) is 0.273. The van der Waals surface area contributed by atoms with Gasteiger partial charge in [0.05, 0.1) is 0 Å². The van der Waals surface area contributed by atoms with Gasteiger partial charge in [0.25, 0.3) is 0 Å². The first kappa shape index (κ1) is 6.27. The zero-order chi connectivity index (χ0) is 4.99. The summed E-state index contributed by atoms with van der Waals surface area (Å²) >= 11 is 0. The summed E-state index contributed by atoms with van der Waals surface area (Å²) in [7, 11) is 4.44. The molecule has 0 aromatic heterocycles. The van der Waals surface area contributed by atoms with Crippen molar-refractivity contribution in [1.82, 2.24) is 0 Å². The molecule has 2 atom stereocenters. The number of allylic oxidation sites excluding steroid dienone is 1. The number of hydrogen-bond acceptors (Lipinski definition) is 1. The Hall–Kier alpha value is 0.270. The minimum atomic E-state index is 0.0185. The molecule has 0 saturated carbocycles. The van der Waals surface area contributed by atoms with Gasteiger partial charge in [-0.3, -0.25) is 5.76 Å². The van der Waals surface area contributed by atoms with Crippen LogP contribution in [0.4, 0.5) is 0 Å². The van der Waals surface area contributed by atoms with Gasteiger partial charge >= 0.3 is 0 Å². The molecule has 3 heteroatoms. The van der Waals surface area contributed by atoms with E-state index in [0.717, 1.165) is 0 Å². The normalized spacial score (nSPS) is 11.3. The van der Waals surface area contributed by atoms with Crippen LogP contribution in [0.15, 0.2) is 11.6 Å². The fourth-order valence-electron chi connectivity index (χ4n) is 0.0556. The average Bonchev–Trinajstić information content (AvgIpc) is 1.65. The maximum atomic E-state index is 10.0. The van der Waals surface area contributed by atoms with Crippen molar-refractivity contribution >= 4 is 18.5 Å². The zero-order valence-electron chi connectivity index (χ0n) is 3.22. The first-order chi connectivity index (χ1) is 2.81. The molecule has 0 aliphatic heterocycles. The third-order valence-electron chi connectivity index (χ3n) is 0.329. The van der Waals surface area contributed by atoms with E-state index in [9.17, 15) is 5.11 Å². The highest BCUT2D eigenvalue weighted by Gasteiger charge is 1.49. The summed E-state index contributed by atoms with van der Waals surface area (Å²) in [6, 6.07) is 0. The highest BCUT2D eigenvalue weighted by Crippen LogP contribution is 1.99. The first-order valence-electron chi connectivity index (χ1n) is 1.45. The molecule has 36 valence electrons. The summed E-state index contributed by atoms with van der Waals surface area (Å²) < 4.78 is 0. The molecule has 0 aromatic rings. The summed E-state index contributed by atoms with van der Waals surface area (Å²) in [6.07, 6.45) is 1.42. The Morgan fingerprint density at radius 3 is 2.33 bits per heavy atom. The van der Waals surface area contributed by atoms with Crippen LogP contribution in [0.25, 0.3) is 0 Å². The molecule has 6 heavy (non-hydrogen) atoms. The molecule has 0 bridgehead atoms. The van der Waals surface area contributed by atoms with Gasteiger partial charge in [-0.1, -0.05) is 0 Å². The van der Waals surface area contributed by atoms with Gasteiger partial charge in [-0.05, 0) is 0 Å². The predicted molar refractivity (Wildman–Crippen MR) is 31.8 cm³/mol. The van der Waals surface area contributed by atoms with Gasteiger partial charge in [-0.25, -0.2) is 30.5 Å². The average molecular weight is 120 g/mol. The largest absolute Gasteiger partial charge is 0.899 e. The monoisotopic (exact) mass is 120 g/mol. The Kier molecular flexibility index (Phi) is 3.62. The molecule has 2 unspecified atom stereocenters. The number of hydrogen-bond donors (Lipinski definition) is 0. The van der Waals surface area contributed by atoms with Gasteiger partial charge < -0.3 is 5.11 Å². The second-order valence-corrected chi connectivity index (χ2v) is 1.40. The summed E-state index contributed by atoms with van der Waals surface area (Å²) in [4.78, 5) is 0. The van der Waals surface area contributed by atoms with E-state index in [0.29, 0.717) is 0 Å². The summed E-state index contributed by atoms with van der Waals surface area (Å²) in [5.41, 5.74) is 0. The standard InChI is InChI=1S/C3H7OP2/c4-3(1-5)2-6/h1-2,4H,5-6H2/q-1/p-1. The molecule has 0 amide bonds. The van der Waals surface area contributed by atoms with Gasteiger partial charge in [0.2, 0.25) is 0 Å². The first-order valence-corrected chi connectivity index (χ1v) is 2.78. The van der Waals surface area contributed by atoms with Crippen LogP contribution in [0, 0.1) is 6.16 Å². The van der Waals surface area contributed by atoms with E-state index in [1.807, 2.05) is 0 Å². The van der Waals surface area contributed by atoms with E-state index in [2.05, 4.69) is 18.5 Å². The van der Waals surface area contributed by atoms with Crippen LogP contribution in [0.1, 0.15) is 0 Å². The molecular weight excluding hydrogens is 114 g/mol. The van der Waals surface area contributed by atoms with Crippen LogP contribution in [0.3, 0.4) is 0 Å². The fourth-order valence-corrected chi connectivity index (χ4v) is 0.500. The van der Waals surface area contributed by atoms with Gasteiger partial charge in [0.15, 0.2) is 0 Å². The van der Waals surface area contributed by atoms with E-state index in [-0.39, 0.29) is 5.76 Å². The lowest BCUT2D eigenvalue weighted by molar-refractivity contribution is -0.296. The van der Waals surface area contributed by atoms with Gasteiger partial charge in [-0.15, -0.1) is 0 Å². The molecule has 0 radical (unpaired) electrons. The predicted octanol–water partition coefficient (Wildman–Crippen LogP) is 0.100. The van der Waals surface area contributed by atoms with Gasteiger partial charge in [0.1, 0.15) is 0 Å². The molecule has 0 saturated heterocycles. The van der Waals surface area contributed by atoms with E-state index in [1.54, 1.807) is 0 Å². The molecule has 0 aliphatic rings. The third kappa shape index (κ3) is 2.50. The highest BCUT2D eigenvalue weighted by molar-refractivity contribution is 7.21. The molecule has 0 fully saturated rings. The highest BCUT2D eigenvalue weighted by atomic mass is 31.0. The summed E-state index contributed by atoms with van der Waals surface area (Å²) in [5.74, 6) is 1.44. The van der Waals surface area contributed by atoms with Gasteiger partial charge in [0, 0.05) is 0 Å². The summed E-state index contributed by atoms with van der Waals surface area (Å²) in [5, 5.41) is 10.0. The smallest absolute Gasteiger partial charge is 0.202 e. The maximum absolute atomic E-state index is 10.0. The lowest BCUT2D eigenvalue weighted by atomic mass is 10.7. The Morgan fingerprint density at radius 1 is 1.83 bits per heavy atom. The van der Waals surface area contributed by atoms with Crippen LogP contribution in [-0.2, 0) is 0 Å². The lowest BCUT2D eigenvalue weighted by Gasteiger charge is -2.15. The van der Waals surface area contributed by atoms with E-state index >= 15 is 0 Å². The summed E-state index contributed by atoms with van der Waals surface area (Å²) in [6.45, 7) is 0. The number of rotatable bonds is 1. The Labute approximate surface area is 42.2 Å². The molecule has 0 rings (SSSR count). The molecule has 1 nitrogen and oxygen atoms in total. The SMILES string of the molecule is [O-]C(=CP)[CH-]P. The van der Waals surface area contributed by atoms with E-state index in [1.165, 1.54) is 12.0 Å². The van der Waals surface area contributed by atoms with Crippen molar-refractivity contribution in [2.24, 2.45) is 0 Å².